The van der Waals surface area contributed by atoms with Gasteiger partial charge in [-0.15, -0.1) is 0 Å². The van der Waals surface area contributed by atoms with E-state index in [9.17, 15) is 4.79 Å². The number of likely N-dealkylation sites (tertiary alicyclic amines) is 1. The second-order valence-electron chi connectivity index (χ2n) is 5.44. The topological polar surface area (TPSA) is 29.5 Å². The van der Waals surface area contributed by atoms with Crippen LogP contribution in [0.15, 0.2) is 0 Å². The summed E-state index contributed by atoms with van der Waals surface area (Å²) in [5.41, 5.74) is 0. The van der Waals surface area contributed by atoms with Crippen LogP contribution in [-0.2, 0) is 9.53 Å². The quantitative estimate of drug-likeness (QED) is 0.754. The first-order valence-electron chi connectivity index (χ1n) is 7.19. The molecule has 1 saturated heterocycles. The predicted octanol–water partition coefficient (Wildman–Crippen LogP) is 2.59. The third-order valence-corrected chi connectivity index (χ3v) is 4.09. The normalized spacial score (nSPS) is 26.4. The summed E-state index contributed by atoms with van der Waals surface area (Å²) in [5.74, 6) is 1.05. The molecule has 1 heterocycles. The van der Waals surface area contributed by atoms with Crippen LogP contribution in [-0.4, -0.2) is 36.6 Å². The van der Waals surface area contributed by atoms with E-state index in [2.05, 4.69) is 0 Å². The molecule has 1 aliphatic heterocycles. The van der Waals surface area contributed by atoms with Gasteiger partial charge >= 0.3 is 0 Å². The number of carbonyl (C=O) groups is 1. The van der Waals surface area contributed by atoms with E-state index < -0.39 is 0 Å². The number of nitrogens with zero attached hydrogens (tertiary/aromatic N) is 1. The summed E-state index contributed by atoms with van der Waals surface area (Å²) in [6.45, 7) is 4.55. The van der Waals surface area contributed by atoms with Gasteiger partial charge in [0.2, 0.25) is 5.91 Å². The first-order valence-corrected chi connectivity index (χ1v) is 7.19. The first kappa shape index (κ1) is 12.9. The molecule has 2 aliphatic rings. The Balaban J connectivity index is 1.65. The molecule has 0 aromatic heterocycles. The summed E-state index contributed by atoms with van der Waals surface area (Å²) in [6, 6.07) is 0. The molecule has 1 saturated carbocycles. The molecule has 0 N–H and O–H groups in total. The van der Waals surface area contributed by atoms with Gasteiger partial charge in [-0.2, -0.15) is 0 Å². The van der Waals surface area contributed by atoms with E-state index in [4.69, 9.17) is 4.74 Å². The molecule has 2 fully saturated rings. The lowest BCUT2D eigenvalue weighted by molar-refractivity contribution is -0.130. The summed E-state index contributed by atoms with van der Waals surface area (Å²) in [7, 11) is 0. The molecule has 0 bridgehead atoms. The fourth-order valence-corrected chi connectivity index (χ4v) is 2.94. The Hall–Kier alpha value is -0.570. The minimum atomic E-state index is 0.272. The maximum atomic E-state index is 11.5. The largest absolute Gasteiger partial charge is 0.376 e. The zero-order valence-electron chi connectivity index (χ0n) is 11.0. The summed E-state index contributed by atoms with van der Waals surface area (Å²) in [6.07, 6.45) is 8.77. The third-order valence-electron chi connectivity index (χ3n) is 4.09. The van der Waals surface area contributed by atoms with Gasteiger partial charge < -0.3 is 9.64 Å². The molecule has 3 nitrogen and oxygen atoms in total. The van der Waals surface area contributed by atoms with E-state index in [-0.39, 0.29) is 5.91 Å². The van der Waals surface area contributed by atoms with Crippen LogP contribution in [0.1, 0.15) is 51.9 Å². The van der Waals surface area contributed by atoms with E-state index in [0.717, 1.165) is 32.0 Å². The molecule has 0 radical (unpaired) electrons. The molecule has 0 aromatic carbocycles. The zero-order chi connectivity index (χ0) is 12.1. The molecule has 2 rings (SSSR count). The van der Waals surface area contributed by atoms with Crippen molar-refractivity contribution in [3.63, 3.8) is 0 Å². The molecule has 1 atom stereocenters. The smallest absolute Gasteiger partial charge is 0.222 e. The molecular formula is C14H25NO2. The molecule has 1 unspecified atom stereocenters. The number of hydrogen-bond acceptors (Lipinski definition) is 2. The van der Waals surface area contributed by atoms with Gasteiger partial charge in [0.15, 0.2) is 0 Å². The fourth-order valence-electron chi connectivity index (χ4n) is 2.94. The third kappa shape index (κ3) is 3.70. The average Bonchev–Trinajstić information content (AvgIpc) is 2.85. The Kier molecular flexibility index (Phi) is 4.84. The predicted molar refractivity (Wildman–Crippen MR) is 67.8 cm³/mol. The Morgan fingerprint density at radius 1 is 1.24 bits per heavy atom. The van der Waals surface area contributed by atoms with E-state index >= 15 is 0 Å². The van der Waals surface area contributed by atoms with Crippen LogP contribution in [0.2, 0.25) is 0 Å². The Morgan fingerprint density at radius 2 is 2.00 bits per heavy atom. The van der Waals surface area contributed by atoms with Crippen molar-refractivity contribution in [2.75, 3.05) is 19.7 Å². The maximum Gasteiger partial charge on any atom is 0.222 e. The van der Waals surface area contributed by atoms with Crippen molar-refractivity contribution in [2.45, 2.75) is 58.0 Å². The highest BCUT2D eigenvalue weighted by molar-refractivity contribution is 5.76. The number of carbonyl (C=O) groups excluding carboxylic acids is 1. The van der Waals surface area contributed by atoms with Crippen molar-refractivity contribution >= 4 is 5.91 Å². The summed E-state index contributed by atoms with van der Waals surface area (Å²) < 4.78 is 5.97. The van der Waals surface area contributed by atoms with Crippen LogP contribution < -0.4 is 0 Å². The van der Waals surface area contributed by atoms with Gasteiger partial charge in [-0.1, -0.05) is 26.2 Å². The van der Waals surface area contributed by atoms with Crippen LogP contribution in [0.5, 0.6) is 0 Å². The van der Waals surface area contributed by atoms with Crippen molar-refractivity contribution in [1.29, 1.82) is 0 Å². The van der Waals surface area contributed by atoms with Gasteiger partial charge in [-0.3, -0.25) is 4.79 Å². The average molecular weight is 239 g/mol. The van der Waals surface area contributed by atoms with Crippen molar-refractivity contribution < 1.29 is 9.53 Å². The van der Waals surface area contributed by atoms with Crippen LogP contribution >= 0.6 is 0 Å². The number of amides is 1. The molecule has 0 aromatic rings. The SMILES string of the molecule is CCC(=O)N1CCC(OCC2CCCCC2)C1. The van der Waals surface area contributed by atoms with E-state index in [1.54, 1.807) is 0 Å². The number of ether oxygens (including phenoxy) is 1. The minimum Gasteiger partial charge on any atom is -0.376 e. The first-order chi connectivity index (χ1) is 8.29. The molecule has 3 heteroatoms. The van der Waals surface area contributed by atoms with Crippen molar-refractivity contribution in [3.8, 4) is 0 Å². The number of rotatable bonds is 4. The lowest BCUT2D eigenvalue weighted by atomic mass is 9.90. The summed E-state index contributed by atoms with van der Waals surface area (Å²) >= 11 is 0. The van der Waals surface area contributed by atoms with Crippen molar-refractivity contribution in [2.24, 2.45) is 5.92 Å². The van der Waals surface area contributed by atoms with Gasteiger partial charge in [-0.05, 0) is 25.2 Å². The Labute approximate surface area is 105 Å². The molecular weight excluding hydrogens is 214 g/mol. The molecule has 0 spiro atoms. The number of hydrogen-bond donors (Lipinski definition) is 0. The van der Waals surface area contributed by atoms with Crippen molar-refractivity contribution in [3.05, 3.63) is 0 Å². The van der Waals surface area contributed by atoms with Gasteiger partial charge in [0, 0.05) is 26.1 Å². The molecule has 1 amide bonds. The van der Waals surface area contributed by atoms with Gasteiger partial charge in [0.05, 0.1) is 6.10 Å². The second kappa shape index (κ2) is 6.39. The molecule has 1 aliphatic carbocycles. The molecule has 17 heavy (non-hydrogen) atoms. The summed E-state index contributed by atoms with van der Waals surface area (Å²) in [5, 5.41) is 0. The van der Waals surface area contributed by atoms with Gasteiger partial charge in [-0.25, -0.2) is 0 Å². The van der Waals surface area contributed by atoms with Gasteiger partial charge in [0.25, 0.3) is 0 Å². The Morgan fingerprint density at radius 3 is 2.71 bits per heavy atom. The standard InChI is InChI=1S/C14H25NO2/c1-2-14(16)15-9-8-13(10-15)17-11-12-6-4-3-5-7-12/h12-13H,2-11H2,1H3. The highest BCUT2D eigenvalue weighted by atomic mass is 16.5. The second-order valence-corrected chi connectivity index (χ2v) is 5.44. The van der Waals surface area contributed by atoms with Gasteiger partial charge in [0.1, 0.15) is 0 Å². The summed E-state index contributed by atoms with van der Waals surface area (Å²) in [4.78, 5) is 13.5. The van der Waals surface area contributed by atoms with Crippen LogP contribution in [0, 0.1) is 5.92 Å². The highest BCUT2D eigenvalue weighted by Crippen LogP contribution is 2.25. The fraction of sp³-hybridized carbons (Fsp3) is 0.929. The zero-order valence-corrected chi connectivity index (χ0v) is 11.0. The van der Waals surface area contributed by atoms with Crippen LogP contribution in [0.3, 0.4) is 0 Å². The minimum absolute atomic E-state index is 0.272. The van der Waals surface area contributed by atoms with E-state index in [1.165, 1.54) is 32.1 Å². The van der Waals surface area contributed by atoms with Crippen LogP contribution in [0.4, 0.5) is 0 Å². The monoisotopic (exact) mass is 239 g/mol. The van der Waals surface area contributed by atoms with E-state index in [1.807, 2.05) is 11.8 Å². The molecule has 98 valence electrons. The highest BCUT2D eigenvalue weighted by Gasteiger charge is 2.26. The lowest BCUT2D eigenvalue weighted by Crippen LogP contribution is -2.30. The van der Waals surface area contributed by atoms with Crippen molar-refractivity contribution in [1.82, 2.24) is 4.90 Å². The maximum absolute atomic E-state index is 11.5. The van der Waals surface area contributed by atoms with E-state index in [0.29, 0.717) is 12.5 Å². The Bertz CT molecular complexity index is 249. The lowest BCUT2D eigenvalue weighted by Gasteiger charge is -2.23. The van der Waals surface area contributed by atoms with Crippen LogP contribution in [0.25, 0.3) is 0 Å².